The number of aliphatic hydroxyl groups excluding tert-OH is 1. The Labute approximate surface area is 126 Å². The summed E-state index contributed by atoms with van der Waals surface area (Å²) in [5.41, 5.74) is 2.35. The lowest BCUT2D eigenvalue weighted by atomic mass is 10.1. The highest BCUT2D eigenvalue weighted by Crippen LogP contribution is 2.16. The quantitative estimate of drug-likeness (QED) is 0.862. The number of hydrogen-bond acceptors (Lipinski definition) is 3. The minimum absolute atomic E-state index is 0.0209. The molecule has 1 aliphatic rings. The normalized spacial score (nSPS) is 18.3. The van der Waals surface area contributed by atoms with E-state index in [-0.39, 0.29) is 18.7 Å². The molecule has 5 nitrogen and oxygen atoms in total. The second kappa shape index (κ2) is 7.43. The van der Waals surface area contributed by atoms with E-state index in [9.17, 15) is 9.90 Å². The maximum absolute atomic E-state index is 12.1. The van der Waals surface area contributed by atoms with Gasteiger partial charge in [-0.2, -0.15) is 0 Å². The van der Waals surface area contributed by atoms with Crippen molar-refractivity contribution >= 4 is 6.03 Å². The first kappa shape index (κ1) is 15.8. The minimum Gasteiger partial charge on any atom is -0.394 e. The van der Waals surface area contributed by atoms with Gasteiger partial charge in [0.1, 0.15) is 0 Å². The third kappa shape index (κ3) is 4.44. The molecule has 1 aromatic rings. The maximum Gasteiger partial charge on any atom is 0.317 e. The summed E-state index contributed by atoms with van der Waals surface area (Å²) in [6.45, 7) is 2.22. The molecule has 0 bridgehead atoms. The molecule has 1 heterocycles. The van der Waals surface area contributed by atoms with Crippen molar-refractivity contribution in [3.63, 3.8) is 0 Å². The molecule has 0 saturated carbocycles. The monoisotopic (exact) mass is 291 g/mol. The zero-order valence-electron chi connectivity index (χ0n) is 12.9. The summed E-state index contributed by atoms with van der Waals surface area (Å²) >= 11 is 0. The Hall–Kier alpha value is -1.59. The van der Waals surface area contributed by atoms with Gasteiger partial charge in [-0.3, -0.25) is 0 Å². The largest absolute Gasteiger partial charge is 0.394 e. The van der Waals surface area contributed by atoms with E-state index in [4.69, 9.17) is 0 Å². The fourth-order valence-electron chi connectivity index (χ4n) is 2.70. The lowest BCUT2D eigenvalue weighted by Gasteiger charge is -2.23. The second-order valence-corrected chi connectivity index (χ2v) is 5.89. The molecule has 2 N–H and O–H groups in total. The number of carbonyl (C=O) groups excluding carboxylic acids is 1. The molecule has 2 amide bonds. The summed E-state index contributed by atoms with van der Waals surface area (Å²) in [7, 11) is 4.09. The third-order valence-corrected chi connectivity index (χ3v) is 3.81. The number of benzene rings is 1. The van der Waals surface area contributed by atoms with E-state index in [1.54, 1.807) is 4.90 Å². The lowest BCUT2D eigenvalue weighted by molar-refractivity contribution is 0.157. The van der Waals surface area contributed by atoms with Crippen LogP contribution in [0.2, 0.25) is 0 Å². The molecule has 21 heavy (non-hydrogen) atoms. The highest BCUT2D eigenvalue weighted by Gasteiger charge is 2.27. The summed E-state index contributed by atoms with van der Waals surface area (Å²) in [5, 5.41) is 12.2. The fourth-order valence-corrected chi connectivity index (χ4v) is 2.70. The average molecular weight is 291 g/mol. The van der Waals surface area contributed by atoms with Crippen molar-refractivity contribution < 1.29 is 9.90 Å². The summed E-state index contributed by atoms with van der Waals surface area (Å²) in [5.74, 6) is 0. The van der Waals surface area contributed by atoms with E-state index in [0.717, 1.165) is 31.5 Å². The molecule has 1 aromatic carbocycles. The van der Waals surface area contributed by atoms with Crippen LogP contribution in [0.1, 0.15) is 24.0 Å². The highest BCUT2D eigenvalue weighted by atomic mass is 16.3. The van der Waals surface area contributed by atoms with Gasteiger partial charge in [0.05, 0.1) is 12.6 Å². The van der Waals surface area contributed by atoms with Crippen LogP contribution >= 0.6 is 0 Å². The summed E-state index contributed by atoms with van der Waals surface area (Å²) < 4.78 is 0. The Bertz CT molecular complexity index is 459. The molecule has 0 aromatic heterocycles. The smallest absolute Gasteiger partial charge is 0.317 e. The van der Waals surface area contributed by atoms with E-state index >= 15 is 0 Å². The third-order valence-electron chi connectivity index (χ3n) is 3.81. The maximum atomic E-state index is 12.1. The van der Waals surface area contributed by atoms with Gasteiger partial charge in [0.15, 0.2) is 0 Å². The van der Waals surface area contributed by atoms with Gasteiger partial charge in [-0.1, -0.05) is 24.3 Å². The van der Waals surface area contributed by atoms with E-state index in [1.165, 1.54) is 5.56 Å². The zero-order chi connectivity index (χ0) is 15.2. The van der Waals surface area contributed by atoms with E-state index in [2.05, 4.69) is 22.3 Å². The Morgan fingerprint density at radius 1 is 1.33 bits per heavy atom. The van der Waals surface area contributed by atoms with E-state index < -0.39 is 0 Å². The molecule has 1 unspecified atom stereocenters. The lowest BCUT2D eigenvalue weighted by Crippen LogP contribution is -2.43. The van der Waals surface area contributed by atoms with Crippen molar-refractivity contribution in [2.24, 2.45) is 0 Å². The van der Waals surface area contributed by atoms with Crippen LogP contribution in [0.25, 0.3) is 0 Å². The molecule has 0 radical (unpaired) electrons. The van der Waals surface area contributed by atoms with Gasteiger partial charge < -0.3 is 20.2 Å². The van der Waals surface area contributed by atoms with Gasteiger partial charge in [-0.25, -0.2) is 4.79 Å². The van der Waals surface area contributed by atoms with E-state index in [0.29, 0.717) is 6.54 Å². The van der Waals surface area contributed by atoms with Crippen LogP contribution in [0.3, 0.4) is 0 Å². The van der Waals surface area contributed by atoms with Gasteiger partial charge in [0, 0.05) is 19.6 Å². The van der Waals surface area contributed by atoms with Crippen LogP contribution in [0.15, 0.2) is 24.3 Å². The summed E-state index contributed by atoms with van der Waals surface area (Å²) in [4.78, 5) is 16.0. The number of amides is 2. The predicted molar refractivity (Wildman–Crippen MR) is 82.9 cm³/mol. The predicted octanol–water partition coefficient (Wildman–Crippen LogP) is 1.41. The molecule has 2 rings (SSSR count). The minimum atomic E-state index is -0.0797. The SMILES string of the molecule is CN(C)Cc1ccc(CNC(=O)N2CCCC2CO)cc1. The van der Waals surface area contributed by atoms with Crippen molar-refractivity contribution in [3.05, 3.63) is 35.4 Å². The molecule has 1 atom stereocenters. The fraction of sp³-hybridized carbons (Fsp3) is 0.562. The number of hydrogen-bond donors (Lipinski definition) is 2. The Morgan fingerprint density at radius 2 is 2.00 bits per heavy atom. The second-order valence-electron chi connectivity index (χ2n) is 5.89. The molecular weight excluding hydrogens is 266 g/mol. The number of nitrogens with zero attached hydrogens (tertiary/aromatic N) is 2. The van der Waals surface area contributed by atoms with E-state index in [1.807, 2.05) is 26.2 Å². The molecule has 5 heteroatoms. The number of aliphatic hydroxyl groups is 1. The van der Waals surface area contributed by atoms with Crippen LogP contribution in [0, 0.1) is 0 Å². The van der Waals surface area contributed by atoms with Crippen LogP contribution in [-0.2, 0) is 13.1 Å². The van der Waals surface area contributed by atoms with Gasteiger partial charge >= 0.3 is 6.03 Å². The topological polar surface area (TPSA) is 55.8 Å². The van der Waals surface area contributed by atoms with Crippen LogP contribution < -0.4 is 5.32 Å². The Balaban J connectivity index is 1.83. The standard InChI is InChI=1S/C16H25N3O2/c1-18(2)11-14-7-5-13(6-8-14)10-17-16(21)19-9-3-4-15(19)12-20/h5-8,15,20H,3-4,9-12H2,1-2H3,(H,17,21). The number of carbonyl (C=O) groups is 1. The summed E-state index contributed by atoms with van der Waals surface area (Å²) in [6.07, 6.45) is 1.86. The van der Waals surface area contributed by atoms with Crippen LogP contribution in [0.5, 0.6) is 0 Å². The van der Waals surface area contributed by atoms with Crippen molar-refractivity contribution in [2.75, 3.05) is 27.2 Å². The Morgan fingerprint density at radius 3 is 2.62 bits per heavy atom. The van der Waals surface area contributed by atoms with Crippen LogP contribution in [0.4, 0.5) is 4.79 Å². The van der Waals surface area contributed by atoms with Crippen molar-refractivity contribution in [3.8, 4) is 0 Å². The first-order valence-electron chi connectivity index (χ1n) is 7.48. The molecule has 1 saturated heterocycles. The van der Waals surface area contributed by atoms with Crippen molar-refractivity contribution in [1.29, 1.82) is 0 Å². The number of likely N-dealkylation sites (tertiary alicyclic amines) is 1. The first-order chi connectivity index (χ1) is 10.1. The molecule has 1 aliphatic heterocycles. The first-order valence-corrected chi connectivity index (χ1v) is 7.48. The summed E-state index contributed by atoms with van der Waals surface area (Å²) in [6, 6.07) is 8.18. The molecule has 0 aliphatic carbocycles. The van der Waals surface area contributed by atoms with Crippen LogP contribution in [-0.4, -0.2) is 54.2 Å². The molecule has 1 fully saturated rings. The molecular formula is C16H25N3O2. The highest BCUT2D eigenvalue weighted by molar-refractivity contribution is 5.74. The average Bonchev–Trinajstić information content (AvgIpc) is 2.94. The Kier molecular flexibility index (Phi) is 5.59. The number of nitrogens with one attached hydrogen (secondary N) is 1. The number of urea groups is 1. The zero-order valence-corrected chi connectivity index (χ0v) is 12.9. The molecule has 0 spiro atoms. The van der Waals surface area contributed by atoms with Gasteiger partial charge in [0.25, 0.3) is 0 Å². The molecule has 116 valence electrons. The van der Waals surface area contributed by atoms with Gasteiger partial charge in [-0.15, -0.1) is 0 Å². The van der Waals surface area contributed by atoms with Crippen molar-refractivity contribution in [1.82, 2.24) is 15.1 Å². The van der Waals surface area contributed by atoms with Gasteiger partial charge in [0.2, 0.25) is 0 Å². The van der Waals surface area contributed by atoms with Gasteiger partial charge in [-0.05, 0) is 38.1 Å². The van der Waals surface area contributed by atoms with Crippen molar-refractivity contribution in [2.45, 2.75) is 32.0 Å². The number of rotatable bonds is 5.